The van der Waals surface area contributed by atoms with Crippen LogP contribution in [0.1, 0.15) is 11.1 Å². The first kappa shape index (κ1) is 23.6. The summed E-state index contributed by atoms with van der Waals surface area (Å²) in [5, 5.41) is 0. The van der Waals surface area contributed by atoms with Crippen molar-refractivity contribution in [3.8, 4) is 11.3 Å². The summed E-state index contributed by atoms with van der Waals surface area (Å²) in [6, 6.07) is 9.25. The SMILES string of the molecule is CS(=O)(=O)c1ccc(-c2c[nH]c(=O)n2Cc2ccc(C(F)(F)P(=O)(O)O)c(Br)c2)cc1. The molecule has 1 heterocycles. The van der Waals surface area contributed by atoms with Gasteiger partial charge < -0.3 is 14.8 Å². The van der Waals surface area contributed by atoms with Crippen LogP contribution in [-0.2, 0) is 26.6 Å². The Labute approximate surface area is 183 Å². The summed E-state index contributed by atoms with van der Waals surface area (Å²) in [5.74, 6) is 0. The molecule has 3 N–H and O–H groups in total. The smallest absolute Gasteiger partial charge is 0.320 e. The maximum absolute atomic E-state index is 14.0. The lowest BCUT2D eigenvalue weighted by Crippen LogP contribution is -2.19. The molecular weight excluding hydrogens is 521 g/mol. The van der Waals surface area contributed by atoms with Crippen molar-refractivity contribution in [3.63, 3.8) is 0 Å². The number of alkyl halides is 2. The summed E-state index contributed by atoms with van der Waals surface area (Å²) in [4.78, 5) is 32.7. The number of aromatic amines is 1. The predicted octanol–water partition coefficient (Wildman–Crippen LogP) is 3.28. The van der Waals surface area contributed by atoms with E-state index in [1.165, 1.54) is 47.2 Å². The molecule has 1 aromatic heterocycles. The molecule has 0 aliphatic rings. The highest BCUT2D eigenvalue weighted by molar-refractivity contribution is 9.10. The van der Waals surface area contributed by atoms with Crippen molar-refractivity contribution in [3.05, 3.63) is 74.7 Å². The second kappa shape index (κ2) is 8.10. The molecule has 13 heteroatoms. The van der Waals surface area contributed by atoms with Crippen LogP contribution >= 0.6 is 23.5 Å². The van der Waals surface area contributed by atoms with Crippen molar-refractivity contribution in [2.75, 3.05) is 6.26 Å². The van der Waals surface area contributed by atoms with E-state index >= 15 is 0 Å². The minimum atomic E-state index is -5.73. The Morgan fingerprint density at radius 1 is 1.16 bits per heavy atom. The topological polar surface area (TPSA) is 129 Å². The lowest BCUT2D eigenvalue weighted by atomic mass is 10.1. The van der Waals surface area contributed by atoms with Gasteiger partial charge in [-0.3, -0.25) is 9.13 Å². The molecular formula is C18H16BrF2N2O6PS. The van der Waals surface area contributed by atoms with Crippen LogP contribution in [0, 0.1) is 0 Å². The monoisotopic (exact) mass is 536 g/mol. The van der Waals surface area contributed by atoms with Crippen molar-refractivity contribution < 1.29 is 31.6 Å². The quantitative estimate of drug-likeness (QED) is 0.414. The maximum Gasteiger partial charge on any atom is 0.399 e. The van der Waals surface area contributed by atoms with E-state index in [-0.39, 0.29) is 15.9 Å². The largest absolute Gasteiger partial charge is 0.399 e. The molecule has 0 bridgehead atoms. The highest BCUT2D eigenvalue weighted by atomic mass is 79.9. The fraction of sp³-hybridized carbons (Fsp3) is 0.167. The van der Waals surface area contributed by atoms with Crippen molar-refractivity contribution in [2.24, 2.45) is 0 Å². The van der Waals surface area contributed by atoms with Crippen LogP contribution in [0.15, 0.2) is 62.8 Å². The Balaban J connectivity index is 1.97. The number of hydrogen-bond acceptors (Lipinski definition) is 4. The Kier molecular flexibility index (Phi) is 6.16. The Bertz CT molecular complexity index is 1350. The van der Waals surface area contributed by atoms with E-state index in [1.54, 1.807) is 0 Å². The summed E-state index contributed by atoms with van der Waals surface area (Å²) in [6.45, 7) is -0.0359. The lowest BCUT2D eigenvalue weighted by molar-refractivity contribution is 0.0557. The zero-order chi connectivity index (χ0) is 23.2. The lowest BCUT2D eigenvalue weighted by Gasteiger charge is -2.19. The van der Waals surface area contributed by atoms with Gasteiger partial charge in [-0.05, 0) is 29.3 Å². The molecule has 3 aromatic rings. The minimum Gasteiger partial charge on any atom is -0.320 e. The number of nitrogens with zero attached hydrogens (tertiary/aromatic N) is 1. The third-order valence-corrected chi connectivity index (χ3v) is 7.27. The molecule has 2 aromatic carbocycles. The van der Waals surface area contributed by atoms with Crippen molar-refractivity contribution in [1.29, 1.82) is 0 Å². The zero-order valence-electron chi connectivity index (χ0n) is 15.8. The van der Waals surface area contributed by atoms with E-state index in [4.69, 9.17) is 9.79 Å². The van der Waals surface area contributed by atoms with Gasteiger partial charge in [0.05, 0.1) is 17.1 Å². The van der Waals surface area contributed by atoms with E-state index in [2.05, 4.69) is 20.9 Å². The van der Waals surface area contributed by atoms with Gasteiger partial charge in [0.15, 0.2) is 9.84 Å². The molecule has 0 fully saturated rings. The normalized spacial score (nSPS) is 12.8. The number of hydrogen-bond donors (Lipinski definition) is 3. The number of halogens is 3. The number of nitrogens with one attached hydrogen (secondary N) is 1. The zero-order valence-corrected chi connectivity index (χ0v) is 19.1. The molecule has 0 unspecified atom stereocenters. The molecule has 0 amide bonds. The van der Waals surface area contributed by atoms with E-state index in [1.807, 2.05) is 0 Å². The van der Waals surface area contributed by atoms with Gasteiger partial charge in [0.2, 0.25) is 0 Å². The number of imidazole rings is 1. The van der Waals surface area contributed by atoms with E-state index in [0.717, 1.165) is 12.3 Å². The first-order chi connectivity index (χ1) is 14.2. The standard InChI is InChI=1S/C18H16BrF2N2O6PS/c1-31(28,29)13-5-3-12(4-6-13)16-9-22-17(24)23(16)10-11-2-7-14(15(19)8-11)18(20,21)30(25,26)27/h2-9H,10H2,1H3,(H,22,24)(H2,25,26,27). The average Bonchev–Trinajstić information content (AvgIpc) is 3.00. The molecule has 0 saturated carbocycles. The fourth-order valence-electron chi connectivity index (χ4n) is 2.90. The van der Waals surface area contributed by atoms with Gasteiger partial charge in [-0.15, -0.1) is 0 Å². The second-order valence-corrected chi connectivity index (χ2v) is 11.3. The molecule has 0 aliphatic heterocycles. The maximum atomic E-state index is 14.0. The molecule has 0 aliphatic carbocycles. The molecule has 166 valence electrons. The van der Waals surface area contributed by atoms with Gasteiger partial charge in [-0.1, -0.05) is 40.2 Å². The summed E-state index contributed by atoms with van der Waals surface area (Å²) >= 11 is 2.91. The van der Waals surface area contributed by atoms with Gasteiger partial charge in [-0.2, -0.15) is 8.78 Å². The van der Waals surface area contributed by atoms with Gasteiger partial charge in [0.1, 0.15) is 0 Å². The van der Waals surface area contributed by atoms with Crippen LogP contribution in [0.3, 0.4) is 0 Å². The fourth-order valence-corrected chi connectivity index (χ4v) is 4.87. The summed E-state index contributed by atoms with van der Waals surface area (Å²) in [7, 11) is -9.11. The Hall–Kier alpha value is -2.11. The van der Waals surface area contributed by atoms with Crippen LogP contribution in [0.25, 0.3) is 11.3 Å². The third kappa shape index (κ3) is 4.73. The van der Waals surface area contributed by atoms with Crippen molar-refractivity contribution >= 4 is 33.4 Å². The van der Waals surface area contributed by atoms with Crippen molar-refractivity contribution in [2.45, 2.75) is 17.1 Å². The summed E-state index contributed by atoms with van der Waals surface area (Å²) in [6.07, 6.45) is 2.51. The minimum absolute atomic E-state index is 0.0359. The van der Waals surface area contributed by atoms with E-state index < -0.39 is 34.3 Å². The third-order valence-electron chi connectivity index (χ3n) is 4.51. The van der Waals surface area contributed by atoms with E-state index in [9.17, 15) is 26.6 Å². The molecule has 31 heavy (non-hydrogen) atoms. The van der Waals surface area contributed by atoms with E-state index in [0.29, 0.717) is 16.8 Å². The number of sulfone groups is 1. The highest BCUT2D eigenvalue weighted by Crippen LogP contribution is 2.60. The van der Waals surface area contributed by atoms with Crippen LogP contribution in [0.4, 0.5) is 8.78 Å². The molecule has 0 atom stereocenters. The van der Waals surface area contributed by atoms with Crippen LogP contribution in [-0.4, -0.2) is 34.0 Å². The first-order valence-corrected chi connectivity index (χ1v) is 12.8. The number of aromatic nitrogens is 2. The molecule has 0 radical (unpaired) electrons. The van der Waals surface area contributed by atoms with Crippen LogP contribution in [0.5, 0.6) is 0 Å². The number of rotatable bonds is 6. The van der Waals surface area contributed by atoms with Gasteiger partial charge in [0, 0.05) is 22.5 Å². The van der Waals surface area contributed by atoms with Gasteiger partial charge >= 0.3 is 18.9 Å². The molecule has 8 nitrogen and oxygen atoms in total. The number of H-pyrrole nitrogens is 1. The van der Waals surface area contributed by atoms with Gasteiger partial charge in [0.25, 0.3) is 0 Å². The van der Waals surface area contributed by atoms with Crippen LogP contribution in [0.2, 0.25) is 0 Å². The predicted molar refractivity (Wildman–Crippen MR) is 113 cm³/mol. The van der Waals surface area contributed by atoms with Gasteiger partial charge in [-0.25, -0.2) is 13.2 Å². The average molecular weight is 537 g/mol. The summed E-state index contributed by atoms with van der Waals surface area (Å²) < 4.78 is 63.5. The Morgan fingerprint density at radius 3 is 2.29 bits per heavy atom. The molecule has 3 rings (SSSR count). The molecule has 0 saturated heterocycles. The Morgan fingerprint density at radius 2 is 1.77 bits per heavy atom. The summed E-state index contributed by atoms with van der Waals surface area (Å²) in [5.41, 5.74) is -4.33. The first-order valence-electron chi connectivity index (χ1n) is 8.53. The van der Waals surface area contributed by atoms with Crippen LogP contribution < -0.4 is 5.69 Å². The second-order valence-electron chi connectivity index (χ2n) is 6.76. The highest BCUT2D eigenvalue weighted by Gasteiger charge is 2.51. The van der Waals surface area contributed by atoms with Crippen molar-refractivity contribution in [1.82, 2.24) is 9.55 Å². The number of benzene rings is 2. The molecule has 0 spiro atoms.